The molecule has 0 aliphatic carbocycles. The second-order valence-electron chi connectivity index (χ2n) is 4.37. The summed E-state index contributed by atoms with van der Waals surface area (Å²) in [6.07, 6.45) is 0. The summed E-state index contributed by atoms with van der Waals surface area (Å²) in [4.78, 5) is 0. The van der Waals surface area contributed by atoms with Gasteiger partial charge >= 0.3 is 0 Å². The van der Waals surface area contributed by atoms with E-state index in [1.807, 2.05) is 49.4 Å². The Hall–Kier alpha value is -1.80. The van der Waals surface area contributed by atoms with Crippen molar-refractivity contribution in [2.45, 2.75) is 20.5 Å². The molecule has 2 rings (SSSR count). The second-order valence-corrected chi connectivity index (χ2v) is 4.37. The van der Waals surface area contributed by atoms with Crippen molar-refractivity contribution in [1.82, 2.24) is 0 Å². The topological polar surface area (TPSA) is 18.5 Å². The van der Waals surface area contributed by atoms with Gasteiger partial charge < -0.3 is 9.47 Å². The lowest BCUT2D eigenvalue weighted by Gasteiger charge is -2.10. The average Bonchev–Trinajstić information content (AvgIpc) is 2.38. The minimum atomic E-state index is 0.277. The minimum absolute atomic E-state index is 0.277. The number of hydrogen-bond acceptors (Lipinski definition) is 2. The van der Waals surface area contributed by atoms with Gasteiger partial charge in [-0.2, -0.15) is 0 Å². The first kappa shape index (κ1) is 12.7. The molecule has 0 amide bonds. The standard InChI is InChI=1S/C16H18O2/c1-13-8-9-16(14(2)10-13)18-12-17-11-15-6-4-3-5-7-15/h3-10H,11-12H2,1-2H3. The third-order valence-corrected chi connectivity index (χ3v) is 2.74. The molecule has 0 aliphatic rings. The first-order valence-corrected chi connectivity index (χ1v) is 6.07. The van der Waals surface area contributed by atoms with Gasteiger partial charge in [-0.05, 0) is 31.0 Å². The number of benzene rings is 2. The van der Waals surface area contributed by atoms with E-state index in [2.05, 4.69) is 13.0 Å². The predicted octanol–water partition coefficient (Wildman–Crippen LogP) is 3.86. The Morgan fingerprint density at radius 3 is 2.44 bits per heavy atom. The maximum atomic E-state index is 5.59. The number of aryl methyl sites for hydroxylation is 2. The van der Waals surface area contributed by atoms with Gasteiger partial charge in [-0.1, -0.05) is 48.0 Å². The van der Waals surface area contributed by atoms with E-state index in [0.29, 0.717) is 6.61 Å². The fourth-order valence-corrected chi connectivity index (χ4v) is 1.80. The van der Waals surface area contributed by atoms with E-state index >= 15 is 0 Å². The fraction of sp³-hybridized carbons (Fsp3) is 0.250. The lowest BCUT2D eigenvalue weighted by atomic mass is 10.1. The molecule has 0 aromatic heterocycles. The molecule has 2 aromatic rings. The molecule has 2 heteroatoms. The van der Waals surface area contributed by atoms with E-state index < -0.39 is 0 Å². The Morgan fingerprint density at radius 1 is 0.944 bits per heavy atom. The lowest BCUT2D eigenvalue weighted by molar-refractivity contribution is 0.00467. The van der Waals surface area contributed by atoms with Crippen LogP contribution in [0.15, 0.2) is 48.5 Å². The molecule has 0 heterocycles. The van der Waals surface area contributed by atoms with Crippen LogP contribution in [-0.4, -0.2) is 6.79 Å². The maximum absolute atomic E-state index is 5.59. The van der Waals surface area contributed by atoms with Crippen LogP contribution in [0.25, 0.3) is 0 Å². The molecule has 0 N–H and O–H groups in total. The van der Waals surface area contributed by atoms with E-state index in [1.165, 1.54) is 5.56 Å². The normalized spacial score (nSPS) is 10.3. The molecule has 0 saturated carbocycles. The van der Waals surface area contributed by atoms with Crippen molar-refractivity contribution in [1.29, 1.82) is 0 Å². The van der Waals surface area contributed by atoms with Crippen LogP contribution in [0.2, 0.25) is 0 Å². The molecule has 0 unspecified atom stereocenters. The zero-order chi connectivity index (χ0) is 12.8. The molecule has 2 aromatic carbocycles. The summed E-state index contributed by atoms with van der Waals surface area (Å²) < 4.78 is 11.1. The van der Waals surface area contributed by atoms with Crippen molar-refractivity contribution in [3.8, 4) is 5.75 Å². The molecule has 0 saturated heterocycles. The van der Waals surface area contributed by atoms with Gasteiger partial charge in [-0.25, -0.2) is 0 Å². The first-order chi connectivity index (χ1) is 8.75. The minimum Gasteiger partial charge on any atom is -0.467 e. The fourth-order valence-electron chi connectivity index (χ4n) is 1.80. The Balaban J connectivity index is 1.79. The summed E-state index contributed by atoms with van der Waals surface area (Å²) in [7, 11) is 0. The Morgan fingerprint density at radius 2 is 1.72 bits per heavy atom. The van der Waals surface area contributed by atoms with Gasteiger partial charge in [0.05, 0.1) is 6.61 Å². The van der Waals surface area contributed by atoms with E-state index in [-0.39, 0.29) is 6.79 Å². The average molecular weight is 242 g/mol. The predicted molar refractivity (Wildman–Crippen MR) is 72.6 cm³/mol. The molecule has 0 aliphatic heterocycles. The maximum Gasteiger partial charge on any atom is 0.189 e. The van der Waals surface area contributed by atoms with Crippen LogP contribution in [0.4, 0.5) is 0 Å². The summed E-state index contributed by atoms with van der Waals surface area (Å²) in [6.45, 7) is 4.97. The van der Waals surface area contributed by atoms with Crippen LogP contribution in [0, 0.1) is 13.8 Å². The largest absolute Gasteiger partial charge is 0.467 e. The highest BCUT2D eigenvalue weighted by atomic mass is 16.7. The molecule has 0 radical (unpaired) electrons. The van der Waals surface area contributed by atoms with Crippen LogP contribution in [-0.2, 0) is 11.3 Å². The van der Waals surface area contributed by atoms with Crippen LogP contribution < -0.4 is 4.74 Å². The lowest BCUT2D eigenvalue weighted by Crippen LogP contribution is -2.03. The summed E-state index contributed by atoms with van der Waals surface area (Å²) >= 11 is 0. The molecule has 2 nitrogen and oxygen atoms in total. The van der Waals surface area contributed by atoms with Crippen molar-refractivity contribution in [3.05, 3.63) is 65.2 Å². The van der Waals surface area contributed by atoms with Gasteiger partial charge in [0.25, 0.3) is 0 Å². The summed E-state index contributed by atoms with van der Waals surface area (Å²) in [6, 6.07) is 16.2. The molecular weight excluding hydrogens is 224 g/mol. The van der Waals surface area contributed by atoms with Crippen molar-refractivity contribution < 1.29 is 9.47 Å². The van der Waals surface area contributed by atoms with Crippen LogP contribution in [0.5, 0.6) is 5.75 Å². The third kappa shape index (κ3) is 3.60. The highest BCUT2D eigenvalue weighted by Crippen LogP contribution is 2.18. The van der Waals surface area contributed by atoms with Crippen LogP contribution in [0.3, 0.4) is 0 Å². The Kier molecular flexibility index (Phi) is 4.37. The van der Waals surface area contributed by atoms with E-state index in [9.17, 15) is 0 Å². The number of rotatable bonds is 5. The summed E-state index contributed by atoms with van der Waals surface area (Å²) in [5.74, 6) is 0.883. The molecule has 0 bridgehead atoms. The van der Waals surface area contributed by atoms with Gasteiger partial charge in [-0.3, -0.25) is 0 Å². The van der Waals surface area contributed by atoms with E-state index in [1.54, 1.807) is 0 Å². The van der Waals surface area contributed by atoms with Crippen molar-refractivity contribution in [3.63, 3.8) is 0 Å². The van der Waals surface area contributed by atoms with Gasteiger partial charge in [0.1, 0.15) is 5.75 Å². The summed E-state index contributed by atoms with van der Waals surface area (Å²) in [5, 5.41) is 0. The van der Waals surface area contributed by atoms with Crippen LogP contribution in [0.1, 0.15) is 16.7 Å². The summed E-state index contributed by atoms with van der Waals surface area (Å²) in [5.41, 5.74) is 3.53. The van der Waals surface area contributed by atoms with Gasteiger partial charge in [0.15, 0.2) is 6.79 Å². The van der Waals surface area contributed by atoms with Gasteiger partial charge in [-0.15, -0.1) is 0 Å². The second kappa shape index (κ2) is 6.22. The SMILES string of the molecule is Cc1ccc(OCOCc2ccccc2)c(C)c1. The van der Waals surface area contributed by atoms with Crippen molar-refractivity contribution >= 4 is 0 Å². The molecule has 0 spiro atoms. The number of ether oxygens (including phenoxy) is 2. The van der Waals surface area contributed by atoms with E-state index in [0.717, 1.165) is 16.9 Å². The Labute approximate surface area is 108 Å². The van der Waals surface area contributed by atoms with Crippen LogP contribution >= 0.6 is 0 Å². The zero-order valence-corrected chi connectivity index (χ0v) is 10.8. The number of hydrogen-bond donors (Lipinski definition) is 0. The first-order valence-electron chi connectivity index (χ1n) is 6.07. The quantitative estimate of drug-likeness (QED) is 0.585. The highest BCUT2D eigenvalue weighted by Gasteiger charge is 1.99. The molecule has 0 atom stereocenters. The molecular formula is C16H18O2. The monoisotopic (exact) mass is 242 g/mol. The van der Waals surface area contributed by atoms with Gasteiger partial charge in [0, 0.05) is 0 Å². The highest BCUT2D eigenvalue weighted by molar-refractivity contribution is 5.35. The molecule has 0 fully saturated rings. The Bertz CT molecular complexity index is 492. The van der Waals surface area contributed by atoms with Gasteiger partial charge in [0.2, 0.25) is 0 Å². The molecule has 94 valence electrons. The van der Waals surface area contributed by atoms with E-state index in [4.69, 9.17) is 9.47 Å². The molecule has 18 heavy (non-hydrogen) atoms. The van der Waals surface area contributed by atoms with Crippen molar-refractivity contribution in [2.75, 3.05) is 6.79 Å². The smallest absolute Gasteiger partial charge is 0.189 e. The zero-order valence-electron chi connectivity index (χ0n) is 10.8. The van der Waals surface area contributed by atoms with Crippen molar-refractivity contribution in [2.24, 2.45) is 0 Å². The third-order valence-electron chi connectivity index (χ3n) is 2.74.